The highest BCUT2D eigenvalue weighted by Crippen LogP contribution is 2.14. The maximum atomic E-state index is 4.29. The van der Waals surface area contributed by atoms with E-state index < -0.39 is 0 Å². The predicted molar refractivity (Wildman–Crippen MR) is 78.7 cm³/mol. The fraction of sp³-hybridized carbons (Fsp3) is 0.214. The predicted octanol–water partition coefficient (Wildman–Crippen LogP) is 3.54. The van der Waals surface area contributed by atoms with Gasteiger partial charge < -0.3 is 5.32 Å². The van der Waals surface area contributed by atoms with Gasteiger partial charge in [-0.1, -0.05) is 18.2 Å². The largest absolute Gasteiger partial charge is 0.305 e. The third-order valence-corrected chi connectivity index (χ3v) is 3.40. The normalized spacial score (nSPS) is 12.4. The molecule has 0 aliphatic heterocycles. The summed E-state index contributed by atoms with van der Waals surface area (Å²) in [5.74, 6) is 0. The van der Waals surface area contributed by atoms with Gasteiger partial charge in [0, 0.05) is 22.4 Å². The molecule has 0 amide bonds. The van der Waals surface area contributed by atoms with Crippen molar-refractivity contribution in [2.45, 2.75) is 19.5 Å². The van der Waals surface area contributed by atoms with Crippen LogP contribution in [0.1, 0.15) is 24.2 Å². The Morgan fingerprint density at radius 3 is 2.59 bits per heavy atom. The van der Waals surface area contributed by atoms with Gasteiger partial charge in [0.05, 0.1) is 5.69 Å². The van der Waals surface area contributed by atoms with Gasteiger partial charge in [0.1, 0.15) is 0 Å². The topological polar surface area (TPSA) is 24.9 Å². The Morgan fingerprint density at radius 2 is 1.94 bits per heavy atom. The molecule has 0 radical (unpaired) electrons. The Balaban J connectivity index is 1.93. The second-order valence-corrected chi connectivity index (χ2v) is 5.22. The highest BCUT2D eigenvalue weighted by Gasteiger charge is 2.04. The number of hydrogen-bond donors (Lipinski definition) is 1. The van der Waals surface area contributed by atoms with Crippen LogP contribution in [0, 0.1) is 3.57 Å². The van der Waals surface area contributed by atoms with Crippen LogP contribution in [-0.2, 0) is 6.54 Å². The molecule has 2 rings (SSSR count). The van der Waals surface area contributed by atoms with Crippen molar-refractivity contribution in [3.8, 4) is 0 Å². The molecule has 0 fully saturated rings. The van der Waals surface area contributed by atoms with E-state index in [9.17, 15) is 0 Å². The summed E-state index contributed by atoms with van der Waals surface area (Å²) in [6, 6.07) is 14.9. The standard InChI is InChI=1S/C14H15IN2/c1-11(12-5-7-13(15)8-6-12)17-10-14-4-2-3-9-16-14/h2-9,11,17H,10H2,1H3. The lowest BCUT2D eigenvalue weighted by atomic mass is 10.1. The number of nitrogens with zero attached hydrogens (tertiary/aromatic N) is 1. The van der Waals surface area contributed by atoms with E-state index in [-0.39, 0.29) is 0 Å². The Kier molecular flexibility index (Phi) is 4.50. The van der Waals surface area contributed by atoms with Crippen molar-refractivity contribution < 1.29 is 0 Å². The van der Waals surface area contributed by atoms with Gasteiger partial charge >= 0.3 is 0 Å². The van der Waals surface area contributed by atoms with E-state index in [1.54, 1.807) is 0 Å². The molecule has 1 aromatic heterocycles. The second kappa shape index (κ2) is 6.12. The lowest BCUT2D eigenvalue weighted by molar-refractivity contribution is 0.568. The first-order valence-electron chi connectivity index (χ1n) is 5.64. The summed E-state index contributed by atoms with van der Waals surface area (Å²) in [4.78, 5) is 4.29. The molecule has 0 aliphatic carbocycles. The molecule has 1 unspecified atom stereocenters. The highest BCUT2D eigenvalue weighted by atomic mass is 127. The number of rotatable bonds is 4. The summed E-state index contributed by atoms with van der Waals surface area (Å²) in [5, 5.41) is 3.47. The fourth-order valence-electron chi connectivity index (χ4n) is 1.63. The van der Waals surface area contributed by atoms with E-state index in [0.717, 1.165) is 12.2 Å². The molecule has 3 heteroatoms. The highest BCUT2D eigenvalue weighted by molar-refractivity contribution is 14.1. The van der Waals surface area contributed by atoms with Crippen LogP contribution in [0.3, 0.4) is 0 Å². The van der Waals surface area contributed by atoms with E-state index in [1.165, 1.54) is 9.13 Å². The molecule has 17 heavy (non-hydrogen) atoms. The van der Waals surface area contributed by atoms with Crippen LogP contribution >= 0.6 is 22.6 Å². The summed E-state index contributed by atoms with van der Waals surface area (Å²) < 4.78 is 1.27. The first-order valence-corrected chi connectivity index (χ1v) is 6.72. The molecule has 2 aromatic rings. The van der Waals surface area contributed by atoms with Gasteiger partial charge in [0.25, 0.3) is 0 Å². The summed E-state index contributed by atoms with van der Waals surface area (Å²) in [5.41, 5.74) is 2.38. The van der Waals surface area contributed by atoms with Gasteiger partial charge in [-0.05, 0) is 59.3 Å². The molecular weight excluding hydrogens is 323 g/mol. The van der Waals surface area contributed by atoms with Crippen LogP contribution in [0.15, 0.2) is 48.7 Å². The van der Waals surface area contributed by atoms with Crippen LogP contribution in [-0.4, -0.2) is 4.98 Å². The monoisotopic (exact) mass is 338 g/mol. The summed E-state index contributed by atoms with van der Waals surface area (Å²) >= 11 is 2.32. The van der Waals surface area contributed by atoms with Gasteiger partial charge in [-0.3, -0.25) is 4.98 Å². The maximum absolute atomic E-state index is 4.29. The third-order valence-electron chi connectivity index (χ3n) is 2.69. The van der Waals surface area contributed by atoms with Crippen molar-refractivity contribution in [2.24, 2.45) is 0 Å². The lowest BCUT2D eigenvalue weighted by Gasteiger charge is -2.13. The number of pyridine rings is 1. The van der Waals surface area contributed by atoms with Crippen LogP contribution in [0.25, 0.3) is 0 Å². The van der Waals surface area contributed by atoms with Gasteiger partial charge in [-0.15, -0.1) is 0 Å². The zero-order chi connectivity index (χ0) is 12.1. The average molecular weight is 338 g/mol. The van der Waals surface area contributed by atoms with Crippen LogP contribution in [0.2, 0.25) is 0 Å². The second-order valence-electron chi connectivity index (χ2n) is 3.98. The quantitative estimate of drug-likeness (QED) is 0.863. The third kappa shape index (κ3) is 3.78. The zero-order valence-corrected chi connectivity index (χ0v) is 11.9. The van der Waals surface area contributed by atoms with Crippen LogP contribution in [0.5, 0.6) is 0 Å². The Hall–Kier alpha value is -0.940. The first-order chi connectivity index (χ1) is 8.25. The van der Waals surface area contributed by atoms with Crippen molar-refractivity contribution >= 4 is 22.6 Å². The average Bonchev–Trinajstić information content (AvgIpc) is 2.38. The van der Waals surface area contributed by atoms with Crippen molar-refractivity contribution in [1.29, 1.82) is 0 Å². The molecule has 1 heterocycles. The molecule has 0 bridgehead atoms. The molecule has 0 aliphatic rings. The van der Waals surface area contributed by atoms with Crippen molar-refractivity contribution in [3.05, 3.63) is 63.5 Å². The SMILES string of the molecule is CC(NCc1ccccn1)c1ccc(I)cc1. The van der Waals surface area contributed by atoms with Gasteiger partial charge in [0.15, 0.2) is 0 Å². The smallest absolute Gasteiger partial charge is 0.0541 e. The molecule has 0 saturated heterocycles. The minimum atomic E-state index is 0.342. The number of aromatic nitrogens is 1. The molecular formula is C14H15IN2. The van der Waals surface area contributed by atoms with E-state index in [1.807, 2.05) is 24.4 Å². The van der Waals surface area contributed by atoms with Crippen LogP contribution in [0.4, 0.5) is 0 Å². The molecule has 2 nitrogen and oxygen atoms in total. The Bertz CT molecular complexity index is 453. The van der Waals surface area contributed by atoms with Gasteiger partial charge in [-0.2, -0.15) is 0 Å². The summed E-state index contributed by atoms with van der Waals surface area (Å²) in [7, 11) is 0. The number of benzene rings is 1. The van der Waals surface area contributed by atoms with Crippen LogP contribution < -0.4 is 5.32 Å². The Labute approximate surface area is 116 Å². The number of halogens is 1. The van der Waals surface area contributed by atoms with E-state index in [2.05, 4.69) is 64.1 Å². The van der Waals surface area contributed by atoms with Crippen molar-refractivity contribution in [3.63, 3.8) is 0 Å². The van der Waals surface area contributed by atoms with Gasteiger partial charge in [0.2, 0.25) is 0 Å². The molecule has 1 atom stereocenters. The molecule has 1 aromatic carbocycles. The number of nitrogens with one attached hydrogen (secondary N) is 1. The minimum absolute atomic E-state index is 0.342. The summed E-state index contributed by atoms with van der Waals surface area (Å²) in [6.45, 7) is 2.97. The minimum Gasteiger partial charge on any atom is -0.305 e. The van der Waals surface area contributed by atoms with Crippen molar-refractivity contribution in [1.82, 2.24) is 10.3 Å². The first kappa shape index (κ1) is 12.5. The van der Waals surface area contributed by atoms with E-state index >= 15 is 0 Å². The molecule has 0 saturated carbocycles. The van der Waals surface area contributed by atoms with E-state index in [4.69, 9.17) is 0 Å². The number of hydrogen-bond acceptors (Lipinski definition) is 2. The molecule has 88 valence electrons. The lowest BCUT2D eigenvalue weighted by Crippen LogP contribution is -2.18. The van der Waals surface area contributed by atoms with E-state index in [0.29, 0.717) is 6.04 Å². The summed E-state index contributed by atoms with van der Waals surface area (Å²) in [6.07, 6.45) is 1.83. The fourth-order valence-corrected chi connectivity index (χ4v) is 1.99. The molecule has 0 spiro atoms. The van der Waals surface area contributed by atoms with Crippen molar-refractivity contribution in [2.75, 3.05) is 0 Å². The zero-order valence-electron chi connectivity index (χ0n) is 9.73. The van der Waals surface area contributed by atoms with Gasteiger partial charge in [-0.25, -0.2) is 0 Å². The maximum Gasteiger partial charge on any atom is 0.0541 e. The Morgan fingerprint density at radius 1 is 1.18 bits per heavy atom. The molecule has 1 N–H and O–H groups in total.